The minimum absolute atomic E-state index is 0.330. The third-order valence-electron chi connectivity index (χ3n) is 4.62. The zero-order chi connectivity index (χ0) is 17.2. The molecule has 1 unspecified atom stereocenters. The van der Waals surface area contributed by atoms with E-state index >= 15 is 0 Å². The van der Waals surface area contributed by atoms with E-state index < -0.39 is 10.0 Å². The number of anilines is 1. The van der Waals surface area contributed by atoms with Gasteiger partial charge in [-0.25, -0.2) is 13.2 Å². The Labute approximate surface area is 143 Å². The number of carbonyl (C=O) groups is 1. The summed E-state index contributed by atoms with van der Waals surface area (Å²) >= 11 is 0. The van der Waals surface area contributed by atoms with Crippen LogP contribution >= 0.6 is 0 Å². The van der Waals surface area contributed by atoms with E-state index in [1.54, 1.807) is 18.2 Å². The number of benzene rings is 1. The molecular weight excluding hydrogens is 326 g/mol. The molecule has 0 fully saturated rings. The number of ether oxygens (including phenoxy) is 1. The second-order valence-electron chi connectivity index (χ2n) is 6.53. The van der Waals surface area contributed by atoms with Crippen LogP contribution < -0.4 is 4.31 Å². The number of carbonyl (C=O) groups excluding carboxylic acids is 1. The SMILES string of the molecule is CS(=O)(=O)N1CCCc2cc(C(=O)OCC3CC=CCC3)ccc21. The van der Waals surface area contributed by atoms with Gasteiger partial charge in [0.05, 0.1) is 24.1 Å². The quantitative estimate of drug-likeness (QED) is 0.619. The zero-order valence-corrected chi connectivity index (χ0v) is 14.7. The smallest absolute Gasteiger partial charge is 0.338 e. The Morgan fingerprint density at radius 1 is 1.33 bits per heavy atom. The van der Waals surface area contributed by atoms with E-state index in [9.17, 15) is 13.2 Å². The fraction of sp³-hybridized carbons (Fsp3) is 0.500. The van der Waals surface area contributed by atoms with Crippen LogP contribution in [0.3, 0.4) is 0 Å². The molecule has 24 heavy (non-hydrogen) atoms. The molecule has 130 valence electrons. The second-order valence-corrected chi connectivity index (χ2v) is 8.44. The summed E-state index contributed by atoms with van der Waals surface area (Å²) < 4.78 is 30.6. The van der Waals surface area contributed by atoms with E-state index in [0.29, 0.717) is 30.3 Å². The van der Waals surface area contributed by atoms with Crippen molar-refractivity contribution in [3.63, 3.8) is 0 Å². The van der Waals surface area contributed by atoms with Crippen molar-refractivity contribution in [2.24, 2.45) is 5.92 Å². The number of sulfonamides is 1. The highest BCUT2D eigenvalue weighted by Gasteiger charge is 2.25. The molecule has 0 amide bonds. The van der Waals surface area contributed by atoms with Crippen molar-refractivity contribution < 1.29 is 17.9 Å². The molecule has 0 bridgehead atoms. The van der Waals surface area contributed by atoms with Crippen LogP contribution in [0, 0.1) is 5.92 Å². The highest BCUT2D eigenvalue weighted by Crippen LogP contribution is 2.30. The van der Waals surface area contributed by atoms with Crippen molar-refractivity contribution in [3.05, 3.63) is 41.5 Å². The van der Waals surface area contributed by atoms with E-state index in [4.69, 9.17) is 4.74 Å². The minimum Gasteiger partial charge on any atom is -0.462 e. The van der Waals surface area contributed by atoms with Gasteiger partial charge in [-0.05, 0) is 61.8 Å². The molecule has 6 heteroatoms. The molecule has 0 radical (unpaired) electrons. The Hall–Kier alpha value is -1.82. The molecule has 1 aliphatic carbocycles. The number of rotatable bonds is 4. The van der Waals surface area contributed by atoms with Crippen LogP contribution in [0.25, 0.3) is 0 Å². The standard InChI is InChI=1S/C18H23NO4S/c1-24(21,22)19-11-5-8-15-12-16(9-10-17(15)19)18(20)23-13-14-6-3-2-4-7-14/h2-3,9-10,12,14H,4-8,11,13H2,1H3. The van der Waals surface area contributed by atoms with Gasteiger partial charge in [0.25, 0.3) is 0 Å². The molecule has 1 aromatic rings. The average Bonchev–Trinajstić information content (AvgIpc) is 2.58. The molecule has 1 atom stereocenters. The Morgan fingerprint density at radius 3 is 2.88 bits per heavy atom. The van der Waals surface area contributed by atoms with Crippen LogP contribution in [0.1, 0.15) is 41.6 Å². The highest BCUT2D eigenvalue weighted by molar-refractivity contribution is 7.92. The molecule has 0 aromatic heterocycles. The number of aryl methyl sites for hydroxylation is 1. The topological polar surface area (TPSA) is 63.7 Å². The predicted octanol–water partition coefficient (Wildman–Crippen LogP) is 2.91. The summed E-state index contributed by atoms with van der Waals surface area (Å²) in [5.74, 6) is 0.0705. The van der Waals surface area contributed by atoms with Gasteiger partial charge in [0.2, 0.25) is 10.0 Å². The normalized spacial score (nSPS) is 20.5. The van der Waals surface area contributed by atoms with Crippen LogP contribution in [-0.2, 0) is 21.2 Å². The van der Waals surface area contributed by atoms with E-state index in [1.165, 1.54) is 10.6 Å². The zero-order valence-electron chi connectivity index (χ0n) is 13.9. The molecular formula is C18H23NO4S. The van der Waals surface area contributed by atoms with E-state index in [1.807, 2.05) is 0 Å². The molecule has 0 spiro atoms. The molecule has 1 aromatic carbocycles. The number of fused-ring (bicyclic) bond motifs is 1. The first kappa shape index (κ1) is 17.0. The van der Waals surface area contributed by atoms with E-state index in [-0.39, 0.29) is 5.97 Å². The first-order chi connectivity index (χ1) is 11.4. The van der Waals surface area contributed by atoms with Gasteiger partial charge >= 0.3 is 5.97 Å². The maximum Gasteiger partial charge on any atom is 0.338 e. The minimum atomic E-state index is -3.29. The molecule has 3 rings (SSSR count). The highest BCUT2D eigenvalue weighted by atomic mass is 32.2. The third-order valence-corrected chi connectivity index (χ3v) is 5.80. The molecule has 2 aliphatic rings. The van der Waals surface area contributed by atoms with Crippen LogP contribution in [0.4, 0.5) is 5.69 Å². The monoisotopic (exact) mass is 349 g/mol. The van der Waals surface area contributed by atoms with Crippen molar-refractivity contribution in [2.75, 3.05) is 23.7 Å². The Morgan fingerprint density at radius 2 is 2.17 bits per heavy atom. The van der Waals surface area contributed by atoms with E-state index in [2.05, 4.69) is 12.2 Å². The van der Waals surface area contributed by atoms with Gasteiger partial charge in [0.15, 0.2) is 0 Å². The first-order valence-electron chi connectivity index (χ1n) is 8.38. The lowest BCUT2D eigenvalue weighted by Crippen LogP contribution is -2.34. The van der Waals surface area contributed by atoms with Gasteiger partial charge in [-0.3, -0.25) is 4.31 Å². The Balaban J connectivity index is 1.71. The van der Waals surface area contributed by atoms with Crippen molar-refractivity contribution in [1.82, 2.24) is 0 Å². The maximum absolute atomic E-state index is 12.3. The lowest BCUT2D eigenvalue weighted by molar-refractivity contribution is 0.0432. The molecule has 0 saturated carbocycles. The van der Waals surface area contributed by atoms with Gasteiger partial charge in [0.1, 0.15) is 0 Å². The average molecular weight is 349 g/mol. The molecule has 0 saturated heterocycles. The predicted molar refractivity (Wildman–Crippen MR) is 93.7 cm³/mol. The van der Waals surface area contributed by atoms with Gasteiger partial charge in [-0.2, -0.15) is 0 Å². The van der Waals surface area contributed by atoms with Crippen LogP contribution in [0.5, 0.6) is 0 Å². The van der Waals surface area contributed by atoms with Gasteiger partial charge < -0.3 is 4.74 Å². The van der Waals surface area contributed by atoms with Gasteiger partial charge in [-0.1, -0.05) is 12.2 Å². The number of nitrogens with zero attached hydrogens (tertiary/aromatic N) is 1. The second kappa shape index (κ2) is 6.97. The number of hydrogen-bond donors (Lipinski definition) is 0. The Kier molecular flexibility index (Phi) is 4.94. The summed E-state index contributed by atoms with van der Waals surface area (Å²) in [6.45, 7) is 0.931. The summed E-state index contributed by atoms with van der Waals surface area (Å²) in [5, 5.41) is 0. The van der Waals surface area contributed by atoms with Crippen molar-refractivity contribution in [3.8, 4) is 0 Å². The molecule has 0 N–H and O–H groups in total. The van der Waals surface area contributed by atoms with Crippen molar-refractivity contribution in [1.29, 1.82) is 0 Å². The van der Waals surface area contributed by atoms with Gasteiger partial charge in [0, 0.05) is 6.54 Å². The van der Waals surface area contributed by atoms with Gasteiger partial charge in [-0.15, -0.1) is 0 Å². The Bertz CT molecular complexity index is 754. The van der Waals surface area contributed by atoms with Crippen LogP contribution in [0.15, 0.2) is 30.4 Å². The fourth-order valence-corrected chi connectivity index (χ4v) is 4.31. The first-order valence-corrected chi connectivity index (χ1v) is 10.2. The van der Waals surface area contributed by atoms with Crippen LogP contribution in [-0.4, -0.2) is 33.8 Å². The number of hydrogen-bond acceptors (Lipinski definition) is 4. The molecule has 1 aliphatic heterocycles. The third kappa shape index (κ3) is 3.80. The summed E-state index contributed by atoms with van der Waals surface area (Å²) in [7, 11) is -3.29. The summed E-state index contributed by atoms with van der Waals surface area (Å²) in [4.78, 5) is 12.3. The number of esters is 1. The molecule has 5 nitrogen and oxygen atoms in total. The van der Waals surface area contributed by atoms with E-state index in [0.717, 1.165) is 37.7 Å². The van der Waals surface area contributed by atoms with Crippen molar-refractivity contribution >= 4 is 21.7 Å². The summed E-state index contributed by atoms with van der Waals surface area (Å²) in [5.41, 5.74) is 2.06. The lowest BCUT2D eigenvalue weighted by Gasteiger charge is -2.29. The fourth-order valence-electron chi connectivity index (χ4n) is 3.32. The maximum atomic E-state index is 12.3. The van der Waals surface area contributed by atoms with Crippen LogP contribution in [0.2, 0.25) is 0 Å². The summed E-state index contributed by atoms with van der Waals surface area (Å²) in [6, 6.07) is 5.15. The summed E-state index contributed by atoms with van der Waals surface area (Å²) in [6.07, 6.45) is 10.1. The lowest BCUT2D eigenvalue weighted by atomic mass is 9.95. The number of allylic oxidation sites excluding steroid dienone is 2. The largest absolute Gasteiger partial charge is 0.462 e. The van der Waals surface area contributed by atoms with Crippen molar-refractivity contribution in [2.45, 2.75) is 32.1 Å². The molecule has 1 heterocycles.